The molecule has 2 aromatic carbocycles. The number of carbonyl (C=O) groups excluding carboxylic acids is 2. The summed E-state index contributed by atoms with van der Waals surface area (Å²) in [5, 5.41) is 2.83. The molecule has 0 unspecified atom stereocenters. The molecule has 5 nitrogen and oxygen atoms in total. The smallest absolute Gasteiger partial charge is 0.274 e. The molecule has 0 saturated heterocycles. The van der Waals surface area contributed by atoms with Gasteiger partial charge in [-0.25, -0.2) is 0 Å². The number of benzene rings is 2. The minimum atomic E-state index is -0.373. The predicted molar refractivity (Wildman–Crippen MR) is 101 cm³/mol. The van der Waals surface area contributed by atoms with Crippen molar-refractivity contribution >= 4 is 17.9 Å². The first-order valence-corrected chi connectivity index (χ1v) is 8.09. The van der Waals surface area contributed by atoms with Crippen LogP contribution >= 0.6 is 0 Å². The number of aromatic nitrogens is 1. The number of amides is 1. The minimum Gasteiger partial charge on any atom is -0.496 e. The zero-order chi connectivity index (χ0) is 18.5. The highest BCUT2D eigenvalue weighted by molar-refractivity contribution is 6.03. The summed E-state index contributed by atoms with van der Waals surface area (Å²) >= 11 is 0. The largest absolute Gasteiger partial charge is 0.496 e. The Labute approximate surface area is 151 Å². The molecule has 0 aliphatic heterocycles. The van der Waals surface area contributed by atoms with Crippen molar-refractivity contribution in [2.75, 3.05) is 12.4 Å². The Bertz CT molecular complexity index is 967. The third-order valence-corrected chi connectivity index (χ3v) is 4.05. The van der Waals surface area contributed by atoms with Gasteiger partial charge in [0, 0.05) is 18.0 Å². The second kappa shape index (κ2) is 7.61. The molecule has 0 fully saturated rings. The number of hydrogen-bond acceptors (Lipinski definition) is 4. The molecule has 3 aromatic rings. The number of carbonyl (C=O) groups is 2. The molecule has 0 aliphatic rings. The second-order valence-corrected chi connectivity index (χ2v) is 5.78. The molecule has 1 amide bonds. The van der Waals surface area contributed by atoms with E-state index in [1.54, 1.807) is 0 Å². The summed E-state index contributed by atoms with van der Waals surface area (Å²) in [6.45, 7) is 2.05. The highest BCUT2D eigenvalue weighted by atomic mass is 16.5. The zero-order valence-electron chi connectivity index (χ0n) is 14.5. The lowest BCUT2D eigenvalue weighted by Crippen LogP contribution is -2.14. The molecule has 1 N–H and O–H groups in total. The lowest BCUT2D eigenvalue weighted by atomic mass is 10.0. The number of aldehydes is 1. The van der Waals surface area contributed by atoms with E-state index in [0.717, 1.165) is 16.7 Å². The maximum atomic E-state index is 12.5. The summed E-state index contributed by atoms with van der Waals surface area (Å²) < 4.78 is 5.12. The Morgan fingerprint density at radius 2 is 1.92 bits per heavy atom. The third kappa shape index (κ3) is 3.62. The number of nitrogens with one attached hydrogen (secondary N) is 1. The molecule has 0 spiro atoms. The maximum Gasteiger partial charge on any atom is 0.274 e. The minimum absolute atomic E-state index is 0.175. The number of rotatable bonds is 5. The van der Waals surface area contributed by atoms with Crippen LogP contribution in [0.3, 0.4) is 0 Å². The molecule has 26 heavy (non-hydrogen) atoms. The molecule has 130 valence electrons. The van der Waals surface area contributed by atoms with Crippen LogP contribution in [0.15, 0.2) is 60.8 Å². The van der Waals surface area contributed by atoms with Gasteiger partial charge in [-0.2, -0.15) is 0 Å². The van der Waals surface area contributed by atoms with Gasteiger partial charge in [-0.05, 0) is 35.7 Å². The van der Waals surface area contributed by atoms with Gasteiger partial charge in [0.1, 0.15) is 11.4 Å². The summed E-state index contributed by atoms with van der Waals surface area (Å²) in [5.74, 6) is -0.0588. The van der Waals surface area contributed by atoms with Gasteiger partial charge in [0.2, 0.25) is 0 Å². The van der Waals surface area contributed by atoms with Crippen LogP contribution in [0.25, 0.3) is 11.1 Å². The maximum absolute atomic E-state index is 12.5. The Morgan fingerprint density at radius 1 is 1.12 bits per heavy atom. The van der Waals surface area contributed by atoms with Gasteiger partial charge in [-0.3, -0.25) is 14.6 Å². The van der Waals surface area contributed by atoms with Gasteiger partial charge in [0.15, 0.2) is 6.29 Å². The molecule has 1 heterocycles. The molecule has 0 saturated carbocycles. The first-order chi connectivity index (χ1) is 12.6. The van der Waals surface area contributed by atoms with Crippen molar-refractivity contribution in [2.45, 2.75) is 6.92 Å². The van der Waals surface area contributed by atoms with Crippen LogP contribution in [0.1, 0.15) is 26.4 Å². The second-order valence-electron chi connectivity index (χ2n) is 5.78. The van der Waals surface area contributed by atoms with E-state index in [1.807, 2.05) is 55.5 Å². The molecule has 0 bridgehead atoms. The van der Waals surface area contributed by atoms with Crippen molar-refractivity contribution in [3.63, 3.8) is 0 Å². The number of aryl methyl sites for hydroxylation is 1. The lowest BCUT2D eigenvalue weighted by Gasteiger charge is -2.10. The van der Waals surface area contributed by atoms with E-state index >= 15 is 0 Å². The van der Waals surface area contributed by atoms with Crippen LogP contribution in [0.5, 0.6) is 5.75 Å². The monoisotopic (exact) mass is 346 g/mol. The lowest BCUT2D eigenvalue weighted by molar-refractivity contribution is 0.102. The number of ether oxygens (including phenoxy) is 1. The summed E-state index contributed by atoms with van der Waals surface area (Å²) in [4.78, 5) is 27.4. The first kappa shape index (κ1) is 17.4. The van der Waals surface area contributed by atoms with Crippen molar-refractivity contribution in [3.05, 3.63) is 77.6 Å². The Hall–Kier alpha value is -3.47. The van der Waals surface area contributed by atoms with E-state index in [2.05, 4.69) is 10.3 Å². The van der Waals surface area contributed by atoms with E-state index in [1.165, 1.54) is 19.4 Å². The van der Waals surface area contributed by atoms with Crippen molar-refractivity contribution in [3.8, 4) is 16.9 Å². The van der Waals surface area contributed by atoms with Gasteiger partial charge in [0.25, 0.3) is 5.91 Å². The first-order valence-electron chi connectivity index (χ1n) is 8.09. The molecule has 3 rings (SSSR count). The number of anilines is 1. The number of hydrogen-bond donors (Lipinski definition) is 1. The standard InChI is InChI=1S/C21H18N2O3/c1-14-6-3-4-9-18(14)15-7-5-8-17(10-15)23-21(25)19-11-20(26-2)16(13-24)12-22-19/h3-13H,1-2H3,(H,23,25). The van der Waals surface area contributed by atoms with Gasteiger partial charge in [-0.1, -0.05) is 36.4 Å². The van der Waals surface area contributed by atoms with Gasteiger partial charge >= 0.3 is 0 Å². The van der Waals surface area contributed by atoms with Crippen molar-refractivity contribution in [1.82, 2.24) is 4.98 Å². The van der Waals surface area contributed by atoms with Crippen LogP contribution in [0, 0.1) is 6.92 Å². The van der Waals surface area contributed by atoms with Crippen LogP contribution in [-0.4, -0.2) is 24.3 Å². The van der Waals surface area contributed by atoms with E-state index in [4.69, 9.17) is 4.74 Å². The highest BCUT2D eigenvalue weighted by Crippen LogP contribution is 2.26. The molecular weight excluding hydrogens is 328 g/mol. The van der Waals surface area contributed by atoms with E-state index < -0.39 is 0 Å². The van der Waals surface area contributed by atoms with Crippen LogP contribution in [-0.2, 0) is 0 Å². The number of nitrogens with zero attached hydrogens (tertiary/aromatic N) is 1. The Balaban J connectivity index is 1.85. The normalized spacial score (nSPS) is 10.2. The molecule has 0 atom stereocenters. The average Bonchev–Trinajstić information content (AvgIpc) is 2.68. The van der Waals surface area contributed by atoms with E-state index in [9.17, 15) is 9.59 Å². The van der Waals surface area contributed by atoms with Crippen LogP contribution in [0.2, 0.25) is 0 Å². The van der Waals surface area contributed by atoms with Crippen molar-refractivity contribution in [2.24, 2.45) is 0 Å². The fraction of sp³-hybridized carbons (Fsp3) is 0.0952. The predicted octanol–water partition coefficient (Wildman–Crippen LogP) is 4.13. The average molecular weight is 346 g/mol. The zero-order valence-corrected chi connectivity index (χ0v) is 14.5. The number of methoxy groups -OCH3 is 1. The Morgan fingerprint density at radius 3 is 2.65 bits per heavy atom. The molecule has 5 heteroatoms. The highest BCUT2D eigenvalue weighted by Gasteiger charge is 2.12. The molecular formula is C21H18N2O3. The van der Waals surface area contributed by atoms with Gasteiger partial charge in [0.05, 0.1) is 12.7 Å². The quantitative estimate of drug-likeness (QED) is 0.705. The van der Waals surface area contributed by atoms with E-state index in [0.29, 0.717) is 23.3 Å². The fourth-order valence-electron chi connectivity index (χ4n) is 2.69. The van der Waals surface area contributed by atoms with Crippen molar-refractivity contribution in [1.29, 1.82) is 0 Å². The molecule has 1 aromatic heterocycles. The summed E-state index contributed by atoms with van der Waals surface area (Å²) in [6.07, 6.45) is 1.96. The summed E-state index contributed by atoms with van der Waals surface area (Å²) in [5.41, 5.74) is 4.42. The van der Waals surface area contributed by atoms with Crippen LogP contribution < -0.4 is 10.1 Å². The third-order valence-electron chi connectivity index (χ3n) is 4.05. The Kier molecular flexibility index (Phi) is 5.08. The number of pyridine rings is 1. The van der Waals surface area contributed by atoms with Gasteiger partial charge in [-0.15, -0.1) is 0 Å². The van der Waals surface area contributed by atoms with Crippen molar-refractivity contribution < 1.29 is 14.3 Å². The summed E-state index contributed by atoms with van der Waals surface area (Å²) in [7, 11) is 1.44. The molecule has 0 aliphatic carbocycles. The SMILES string of the molecule is COc1cc(C(=O)Nc2cccc(-c3ccccc3C)c2)ncc1C=O. The van der Waals surface area contributed by atoms with E-state index in [-0.39, 0.29) is 11.6 Å². The van der Waals surface area contributed by atoms with Crippen LogP contribution in [0.4, 0.5) is 5.69 Å². The molecule has 0 radical (unpaired) electrons. The summed E-state index contributed by atoms with van der Waals surface area (Å²) in [6, 6.07) is 17.1. The topological polar surface area (TPSA) is 68.3 Å². The fourth-order valence-corrected chi connectivity index (χ4v) is 2.69. The van der Waals surface area contributed by atoms with Gasteiger partial charge < -0.3 is 10.1 Å².